The van der Waals surface area contributed by atoms with Crippen molar-refractivity contribution < 1.29 is 14.3 Å². The van der Waals surface area contributed by atoms with E-state index in [1.165, 1.54) is 12.8 Å². The maximum absolute atomic E-state index is 12.3. The molecule has 2 aliphatic heterocycles. The van der Waals surface area contributed by atoms with E-state index in [1.807, 2.05) is 25.1 Å². The SMILES string of the molecule is CC1CCN(CC(=O)N[C@@H](C)c2ccc3c(c2)OCCO3)CC1. The summed E-state index contributed by atoms with van der Waals surface area (Å²) in [5, 5.41) is 3.08. The molecule has 5 heteroatoms. The van der Waals surface area contributed by atoms with Crippen molar-refractivity contribution in [3.8, 4) is 11.5 Å². The first-order valence-electron chi connectivity index (χ1n) is 8.53. The Morgan fingerprint density at radius 2 is 1.96 bits per heavy atom. The highest BCUT2D eigenvalue weighted by Crippen LogP contribution is 2.32. The normalized spacial score (nSPS) is 20.1. The number of rotatable bonds is 4. The van der Waals surface area contributed by atoms with E-state index in [4.69, 9.17) is 9.47 Å². The molecular formula is C18H26N2O3. The molecule has 1 aromatic carbocycles. The second kappa shape index (κ2) is 7.21. The third-order valence-electron chi connectivity index (χ3n) is 4.69. The lowest BCUT2D eigenvalue weighted by Crippen LogP contribution is -2.41. The zero-order valence-electron chi connectivity index (χ0n) is 14.0. The van der Waals surface area contributed by atoms with Gasteiger partial charge in [-0.05, 0) is 56.5 Å². The number of benzene rings is 1. The molecule has 1 saturated heterocycles. The van der Waals surface area contributed by atoms with E-state index >= 15 is 0 Å². The van der Waals surface area contributed by atoms with Gasteiger partial charge in [-0.3, -0.25) is 9.69 Å². The van der Waals surface area contributed by atoms with Crippen LogP contribution in [0.2, 0.25) is 0 Å². The molecule has 1 amide bonds. The number of piperidine rings is 1. The maximum Gasteiger partial charge on any atom is 0.234 e. The van der Waals surface area contributed by atoms with Crippen molar-refractivity contribution in [1.29, 1.82) is 0 Å². The molecule has 5 nitrogen and oxygen atoms in total. The molecule has 0 spiro atoms. The van der Waals surface area contributed by atoms with Gasteiger partial charge in [0.25, 0.3) is 0 Å². The Morgan fingerprint density at radius 3 is 2.70 bits per heavy atom. The lowest BCUT2D eigenvalue weighted by atomic mass is 9.99. The molecule has 0 bridgehead atoms. The van der Waals surface area contributed by atoms with Gasteiger partial charge in [-0.2, -0.15) is 0 Å². The molecule has 0 aliphatic carbocycles. The van der Waals surface area contributed by atoms with Gasteiger partial charge >= 0.3 is 0 Å². The Kier molecular flexibility index (Phi) is 5.06. The zero-order valence-corrected chi connectivity index (χ0v) is 14.0. The van der Waals surface area contributed by atoms with Crippen LogP contribution in [-0.2, 0) is 4.79 Å². The van der Waals surface area contributed by atoms with Gasteiger partial charge in [0.15, 0.2) is 11.5 Å². The van der Waals surface area contributed by atoms with Crippen LogP contribution in [0.3, 0.4) is 0 Å². The van der Waals surface area contributed by atoms with E-state index in [0.29, 0.717) is 19.8 Å². The van der Waals surface area contributed by atoms with E-state index in [-0.39, 0.29) is 11.9 Å². The highest BCUT2D eigenvalue weighted by atomic mass is 16.6. The number of fused-ring (bicyclic) bond motifs is 1. The summed E-state index contributed by atoms with van der Waals surface area (Å²) >= 11 is 0. The average Bonchev–Trinajstić information content (AvgIpc) is 2.56. The van der Waals surface area contributed by atoms with Crippen LogP contribution < -0.4 is 14.8 Å². The average molecular weight is 318 g/mol. The minimum absolute atomic E-state index is 0.0398. The number of likely N-dealkylation sites (tertiary alicyclic amines) is 1. The number of nitrogens with one attached hydrogen (secondary N) is 1. The number of nitrogens with zero attached hydrogens (tertiary/aromatic N) is 1. The Labute approximate surface area is 137 Å². The third-order valence-corrected chi connectivity index (χ3v) is 4.69. The minimum atomic E-state index is -0.0398. The monoisotopic (exact) mass is 318 g/mol. The number of carbonyl (C=O) groups is 1. The van der Waals surface area contributed by atoms with Gasteiger partial charge in [-0.1, -0.05) is 13.0 Å². The Bertz CT molecular complexity index is 553. The smallest absolute Gasteiger partial charge is 0.234 e. The number of hydrogen-bond acceptors (Lipinski definition) is 4. The van der Waals surface area contributed by atoms with E-state index in [1.54, 1.807) is 0 Å². The van der Waals surface area contributed by atoms with E-state index < -0.39 is 0 Å². The summed E-state index contributed by atoms with van der Waals surface area (Å²) in [5.74, 6) is 2.41. The van der Waals surface area contributed by atoms with Gasteiger partial charge in [0.2, 0.25) is 5.91 Å². The predicted molar refractivity (Wildman–Crippen MR) is 88.8 cm³/mol. The fourth-order valence-corrected chi connectivity index (χ4v) is 3.12. The number of hydrogen-bond donors (Lipinski definition) is 1. The van der Waals surface area contributed by atoms with Crippen molar-refractivity contribution in [3.63, 3.8) is 0 Å². The van der Waals surface area contributed by atoms with Gasteiger partial charge in [-0.25, -0.2) is 0 Å². The molecule has 23 heavy (non-hydrogen) atoms. The van der Waals surface area contributed by atoms with Crippen LogP contribution in [0, 0.1) is 5.92 Å². The number of amides is 1. The third kappa shape index (κ3) is 4.16. The molecule has 1 atom stereocenters. The van der Waals surface area contributed by atoms with Crippen molar-refractivity contribution in [2.75, 3.05) is 32.8 Å². The van der Waals surface area contributed by atoms with Gasteiger partial charge in [-0.15, -0.1) is 0 Å². The summed E-state index contributed by atoms with van der Waals surface area (Å²) in [4.78, 5) is 14.5. The molecule has 0 saturated carbocycles. The van der Waals surface area contributed by atoms with Gasteiger partial charge < -0.3 is 14.8 Å². The first-order chi connectivity index (χ1) is 11.1. The van der Waals surface area contributed by atoms with E-state index in [2.05, 4.69) is 17.1 Å². The molecule has 126 valence electrons. The second-order valence-corrected chi connectivity index (χ2v) is 6.65. The zero-order chi connectivity index (χ0) is 16.2. The summed E-state index contributed by atoms with van der Waals surface area (Å²) in [6, 6.07) is 5.82. The molecule has 1 fully saturated rings. The van der Waals surface area contributed by atoms with Gasteiger partial charge in [0, 0.05) is 0 Å². The summed E-state index contributed by atoms with van der Waals surface area (Å²) in [6.07, 6.45) is 2.37. The van der Waals surface area contributed by atoms with Crippen LogP contribution >= 0.6 is 0 Å². The summed E-state index contributed by atoms with van der Waals surface area (Å²) in [5.41, 5.74) is 1.04. The van der Waals surface area contributed by atoms with Gasteiger partial charge in [0.1, 0.15) is 13.2 Å². The maximum atomic E-state index is 12.3. The van der Waals surface area contributed by atoms with Crippen molar-refractivity contribution in [3.05, 3.63) is 23.8 Å². The molecule has 0 aromatic heterocycles. The number of carbonyl (C=O) groups excluding carboxylic acids is 1. The van der Waals surface area contributed by atoms with E-state index in [9.17, 15) is 4.79 Å². The fraction of sp³-hybridized carbons (Fsp3) is 0.611. The summed E-state index contributed by atoms with van der Waals surface area (Å²) in [7, 11) is 0. The van der Waals surface area contributed by atoms with Gasteiger partial charge in [0.05, 0.1) is 12.6 Å². The highest BCUT2D eigenvalue weighted by molar-refractivity contribution is 5.78. The Hall–Kier alpha value is -1.75. The molecule has 1 N–H and O–H groups in total. The van der Waals surface area contributed by atoms with E-state index in [0.717, 1.165) is 36.1 Å². The lowest BCUT2D eigenvalue weighted by molar-refractivity contribution is -0.123. The molecule has 2 heterocycles. The second-order valence-electron chi connectivity index (χ2n) is 6.65. The predicted octanol–water partition coefficient (Wildman–Crippen LogP) is 2.37. The number of ether oxygens (including phenoxy) is 2. The molecule has 0 radical (unpaired) electrons. The lowest BCUT2D eigenvalue weighted by Gasteiger charge is -2.30. The largest absolute Gasteiger partial charge is 0.486 e. The topological polar surface area (TPSA) is 50.8 Å². The molecular weight excluding hydrogens is 292 g/mol. The standard InChI is InChI=1S/C18H26N2O3/c1-13-5-7-20(8-6-13)12-18(21)19-14(2)15-3-4-16-17(11-15)23-10-9-22-16/h3-4,11,13-14H,5-10,12H2,1-2H3,(H,19,21)/t14-/m0/s1. The first kappa shape index (κ1) is 16.1. The van der Waals surface area contributed by atoms with Crippen molar-refractivity contribution >= 4 is 5.91 Å². The van der Waals surface area contributed by atoms with Crippen LogP contribution in [0.1, 0.15) is 38.3 Å². The van der Waals surface area contributed by atoms with Crippen molar-refractivity contribution in [2.24, 2.45) is 5.92 Å². The van der Waals surface area contributed by atoms with Crippen molar-refractivity contribution in [2.45, 2.75) is 32.7 Å². The van der Waals surface area contributed by atoms with Crippen LogP contribution in [0.15, 0.2) is 18.2 Å². The summed E-state index contributed by atoms with van der Waals surface area (Å²) < 4.78 is 11.1. The Morgan fingerprint density at radius 1 is 1.26 bits per heavy atom. The van der Waals surface area contributed by atoms with Crippen molar-refractivity contribution in [1.82, 2.24) is 10.2 Å². The Balaban J connectivity index is 1.54. The van der Waals surface area contributed by atoms with Crippen LogP contribution in [-0.4, -0.2) is 43.7 Å². The summed E-state index contributed by atoms with van der Waals surface area (Å²) in [6.45, 7) is 7.97. The van der Waals surface area contributed by atoms with Crippen LogP contribution in [0.4, 0.5) is 0 Å². The minimum Gasteiger partial charge on any atom is -0.486 e. The molecule has 0 unspecified atom stereocenters. The molecule has 3 rings (SSSR count). The quantitative estimate of drug-likeness (QED) is 0.926. The first-order valence-corrected chi connectivity index (χ1v) is 8.53. The fourth-order valence-electron chi connectivity index (χ4n) is 3.12. The highest BCUT2D eigenvalue weighted by Gasteiger charge is 2.20. The van der Waals surface area contributed by atoms with Crippen LogP contribution in [0.25, 0.3) is 0 Å². The molecule has 2 aliphatic rings. The van der Waals surface area contributed by atoms with Crippen LogP contribution in [0.5, 0.6) is 11.5 Å². The molecule has 1 aromatic rings.